The highest BCUT2D eigenvalue weighted by Crippen LogP contribution is 2.11. The van der Waals surface area contributed by atoms with E-state index < -0.39 is 17.4 Å². The van der Waals surface area contributed by atoms with E-state index in [9.17, 15) is 9.18 Å². The minimum absolute atomic E-state index is 0.125. The number of carbonyl (C=O) groups is 1. The topological polar surface area (TPSA) is 39.2 Å². The van der Waals surface area contributed by atoms with Crippen molar-refractivity contribution in [1.29, 1.82) is 0 Å². The summed E-state index contributed by atoms with van der Waals surface area (Å²) in [6, 6.07) is 1.10. The summed E-state index contributed by atoms with van der Waals surface area (Å²) in [4.78, 5) is 14.9. The summed E-state index contributed by atoms with van der Waals surface area (Å²) in [5, 5.41) is 0. The van der Waals surface area contributed by atoms with Crippen LogP contribution in [-0.2, 0) is 4.74 Å². The van der Waals surface area contributed by atoms with Crippen molar-refractivity contribution in [2.45, 2.75) is 26.4 Å². The van der Waals surface area contributed by atoms with Gasteiger partial charge in [0.1, 0.15) is 11.4 Å². The van der Waals surface area contributed by atoms with E-state index in [1.807, 2.05) is 0 Å². The number of nitrogens with zero attached hydrogens (tertiary/aromatic N) is 1. The van der Waals surface area contributed by atoms with Crippen molar-refractivity contribution in [2.24, 2.45) is 0 Å². The zero-order chi connectivity index (χ0) is 10.8. The van der Waals surface area contributed by atoms with E-state index in [0.29, 0.717) is 0 Å². The van der Waals surface area contributed by atoms with Gasteiger partial charge in [0.05, 0.1) is 11.8 Å². The van der Waals surface area contributed by atoms with Gasteiger partial charge in [0.2, 0.25) is 0 Å². The van der Waals surface area contributed by atoms with Crippen LogP contribution in [0.15, 0.2) is 18.5 Å². The summed E-state index contributed by atoms with van der Waals surface area (Å²) in [5.74, 6) is -1.11. The molecule has 0 bridgehead atoms. The molecule has 1 heterocycles. The SMILES string of the molecule is CC(C)(C)OC(=O)c1cncc(F)c1. The lowest BCUT2D eigenvalue weighted by Crippen LogP contribution is -2.24. The average molecular weight is 197 g/mol. The molecule has 0 saturated heterocycles. The van der Waals surface area contributed by atoms with Crippen LogP contribution in [0.3, 0.4) is 0 Å². The van der Waals surface area contributed by atoms with Crippen molar-refractivity contribution in [3.05, 3.63) is 29.8 Å². The van der Waals surface area contributed by atoms with E-state index in [0.717, 1.165) is 12.3 Å². The first kappa shape index (κ1) is 10.6. The van der Waals surface area contributed by atoms with Gasteiger partial charge in [0, 0.05) is 6.20 Å². The molecule has 0 amide bonds. The third-order valence-electron chi connectivity index (χ3n) is 1.34. The van der Waals surface area contributed by atoms with Crippen molar-refractivity contribution in [2.75, 3.05) is 0 Å². The highest BCUT2D eigenvalue weighted by molar-refractivity contribution is 5.89. The molecule has 14 heavy (non-hydrogen) atoms. The van der Waals surface area contributed by atoms with Gasteiger partial charge >= 0.3 is 5.97 Å². The van der Waals surface area contributed by atoms with E-state index >= 15 is 0 Å². The zero-order valence-corrected chi connectivity index (χ0v) is 8.37. The monoisotopic (exact) mass is 197 g/mol. The van der Waals surface area contributed by atoms with Gasteiger partial charge in [-0.1, -0.05) is 0 Å². The molecular formula is C10H12FNO2. The zero-order valence-electron chi connectivity index (χ0n) is 8.37. The maximum absolute atomic E-state index is 12.7. The molecule has 0 aliphatic rings. The number of hydrogen-bond donors (Lipinski definition) is 0. The fraction of sp³-hybridized carbons (Fsp3) is 0.400. The van der Waals surface area contributed by atoms with Gasteiger partial charge in [-0.15, -0.1) is 0 Å². The Bertz CT molecular complexity index is 344. The maximum atomic E-state index is 12.7. The van der Waals surface area contributed by atoms with Gasteiger partial charge in [-0.05, 0) is 26.8 Å². The number of aromatic nitrogens is 1. The van der Waals surface area contributed by atoms with Crippen LogP contribution in [0.5, 0.6) is 0 Å². The van der Waals surface area contributed by atoms with Crippen LogP contribution in [0.2, 0.25) is 0 Å². The van der Waals surface area contributed by atoms with E-state index in [2.05, 4.69) is 4.98 Å². The van der Waals surface area contributed by atoms with Crippen LogP contribution >= 0.6 is 0 Å². The Hall–Kier alpha value is -1.45. The Morgan fingerprint density at radius 3 is 2.57 bits per heavy atom. The first-order chi connectivity index (χ1) is 6.38. The average Bonchev–Trinajstić information content (AvgIpc) is 2.01. The molecule has 0 saturated carbocycles. The molecule has 0 unspecified atom stereocenters. The quantitative estimate of drug-likeness (QED) is 0.648. The molecule has 1 aromatic heterocycles. The highest BCUT2D eigenvalue weighted by Gasteiger charge is 2.18. The van der Waals surface area contributed by atoms with Crippen LogP contribution in [-0.4, -0.2) is 16.6 Å². The number of ether oxygens (including phenoxy) is 1. The Morgan fingerprint density at radius 1 is 1.43 bits per heavy atom. The standard InChI is InChI=1S/C10H12FNO2/c1-10(2,3)14-9(13)7-4-8(11)6-12-5-7/h4-6H,1-3H3. The van der Waals surface area contributed by atoms with Gasteiger partial charge in [0.15, 0.2) is 0 Å². The molecule has 0 atom stereocenters. The van der Waals surface area contributed by atoms with Crippen molar-refractivity contribution in [3.63, 3.8) is 0 Å². The molecule has 0 fully saturated rings. The molecule has 1 rings (SSSR count). The highest BCUT2D eigenvalue weighted by atomic mass is 19.1. The van der Waals surface area contributed by atoms with Crippen molar-refractivity contribution < 1.29 is 13.9 Å². The lowest BCUT2D eigenvalue weighted by atomic mass is 10.2. The van der Waals surface area contributed by atoms with Crippen LogP contribution in [0, 0.1) is 5.82 Å². The third kappa shape index (κ3) is 3.12. The summed E-state index contributed by atoms with van der Waals surface area (Å²) >= 11 is 0. The smallest absolute Gasteiger partial charge is 0.340 e. The minimum atomic E-state index is -0.580. The molecule has 4 heteroatoms. The molecule has 0 aliphatic carbocycles. The molecule has 0 radical (unpaired) electrons. The molecule has 0 aliphatic heterocycles. The molecule has 1 aromatic rings. The Kier molecular flexibility index (Phi) is 2.84. The fourth-order valence-electron chi connectivity index (χ4n) is 0.861. The summed E-state index contributed by atoms with van der Waals surface area (Å²) in [6.07, 6.45) is 2.31. The first-order valence-corrected chi connectivity index (χ1v) is 4.22. The van der Waals surface area contributed by atoms with Crippen LogP contribution < -0.4 is 0 Å². The molecule has 3 nitrogen and oxygen atoms in total. The Labute approximate surface area is 81.9 Å². The fourth-order valence-corrected chi connectivity index (χ4v) is 0.861. The van der Waals surface area contributed by atoms with Crippen LogP contribution in [0.4, 0.5) is 4.39 Å². The van der Waals surface area contributed by atoms with Crippen molar-refractivity contribution in [1.82, 2.24) is 4.98 Å². The van der Waals surface area contributed by atoms with Gasteiger partial charge in [-0.25, -0.2) is 9.18 Å². The second-order valence-corrected chi connectivity index (χ2v) is 3.89. The predicted octanol–water partition coefficient (Wildman–Crippen LogP) is 2.18. The largest absolute Gasteiger partial charge is 0.456 e. The molecular weight excluding hydrogens is 185 g/mol. The lowest BCUT2D eigenvalue weighted by Gasteiger charge is -2.19. The van der Waals surface area contributed by atoms with Crippen molar-refractivity contribution in [3.8, 4) is 0 Å². The van der Waals surface area contributed by atoms with E-state index in [1.54, 1.807) is 20.8 Å². The molecule has 0 spiro atoms. The number of esters is 1. The summed E-state index contributed by atoms with van der Waals surface area (Å²) in [6.45, 7) is 5.24. The molecule has 0 N–H and O–H groups in total. The predicted molar refractivity (Wildman–Crippen MR) is 49.4 cm³/mol. The van der Waals surface area contributed by atoms with Crippen molar-refractivity contribution >= 4 is 5.97 Å². The van der Waals surface area contributed by atoms with Gasteiger partial charge in [-0.3, -0.25) is 4.98 Å². The van der Waals surface area contributed by atoms with Gasteiger partial charge < -0.3 is 4.74 Å². The number of pyridine rings is 1. The second kappa shape index (κ2) is 3.74. The van der Waals surface area contributed by atoms with E-state index in [1.165, 1.54) is 6.20 Å². The van der Waals surface area contributed by atoms with Crippen LogP contribution in [0.1, 0.15) is 31.1 Å². The number of hydrogen-bond acceptors (Lipinski definition) is 3. The number of halogens is 1. The van der Waals surface area contributed by atoms with E-state index in [4.69, 9.17) is 4.74 Å². The second-order valence-electron chi connectivity index (χ2n) is 3.89. The normalized spacial score (nSPS) is 11.1. The minimum Gasteiger partial charge on any atom is -0.456 e. The summed E-state index contributed by atoms with van der Waals surface area (Å²) in [5.41, 5.74) is -0.455. The first-order valence-electron chi connectivity index (χ1n) is 4.22. The van der Waals surface area contributed by atoms with Gasteiger partial charge in [0.25, 0.3) is 0 Å². The lowest BCUT2D eigenvalue weighted by molar-refractivity contribution is 0.00685. The molecule has 76 valence electrons. The molecule has 0 aromatic carbocycles. The maximum Gasteiger partial charge on any atom is 0.340 e. The number of rotatable bonds is 1. The number of carbonyl (C=O) groups excluding carboxylic acids is 1. The third-order valence-corrected chi connectivity index (χ3v) is 1.34. The summed E-state index contributed by atoms with van der Waals surface area (Å²) in [7, 11) is 0. The Balaban J connectivity index is 2.80. The van der Waals surface area contributed by atoms with Crippen LogP contribution in [0.25, 0.3) is 0 Å². The van der Waals surface area contributed by atoms with E-state index in [-0.39, 0.29) is 5.56 Å². The summed E-state index contributed by atoms with van der Waals surface area (Å²) < 4.78 is 17.7. The van der Waals surface area contributed by atoms with Gasteiger partial charge in [-0.2, -0.15) is 0 Å². The Morgan fingerprint density at radius 2 is 2.07 bits per heavy atom.